The smallest absolute Gasteiger partial charge is 0.253 e. The highest BCUT2D eigenvalue weighted by molar-refractivity contribution is 9.10. The number of nitrogens with zero attached hydrogens (tertiary/aromatic N) is 1. The Bertz CT molecular complexity index is 834. The van der Waals surface area contributed by atoms with E-state index in [0.717, 1.165) is 25.0 Å². The maximum absolute atomic E-state index is 12.2. The number of benzene rings is 1. The van der Waals surface area contributed by atoms with Crippen molar-refractivity contribution >= 4 is 54.8 Å². The quantitative estimate of drug-likeness (QED) is 0.780. The molecule has 0 unspecified atom stereocenters. The fourth-order valence-corrected chi connectivity index (χ4v) is 4.73. The first-order chi connectivity index (χ1) is 10.7. The van der Waals surface area contributed by atoms with Crippen molar-refractivity contribution in [1.82, 2.24) is 9.62 Å². The zero-order chi connectivity index (χ0) is 17.2. The number of halogens is 2. The van der Waals surface area contributed by atoms with Crippen LogP contribution in [-0.4, -0.2) is 32.7 Å². The van der Waals surface area contributed by atoms with Crippen LogP contribution < -0.4 is 5.32 Å². The third kappa shape index (κ3) is 4.33. The van der Waals surface area contributed by atoms with Crippen molar-refractivity contribution in [2.45, 2.75) is 10.8 Å². The van der Waals surface area contributed by atoms with Crippen LogP contribution in [0.5, 0.6) is 0 Å². The molecule has 1 N–H and O–H groups in total. The Kier molecular flexibility index (Phi) is 5.85. The normalized spacial score (nSPS) is 11.7. The van der Waals surface area contributed by atoms with Crippen molar-refractivity contribution in [2.75, 3.05) is 14.1 Å². The van der Waals surface area contributed by atoms with Gasteiger partial charge in [-0.2, -0.15) is 0 Å². The zero-order valence-electron chi connectivity index (χ0n) is 12.3. The molecule has 0 aliphatic heterocycles. The maximum atomic E-state index is 12.2. The standard InChI is InChI=1S/C14H14BrClN2O3S2/c1-18(2)23(20,21)13-6-4-10(22-13)8-17-14(19)11-7-9(15)3-5-12(11)16/h3-7H,8H2,1-2H3,(H,17,19). The predicted molar refractivity (Wildman–Crippen MR) is 95.5 cm³/mol. The van der Waals surface area contributed by atoms with Gasteiger partial charge in [-0.15, -0.1) is 11.3 Å². The summed E-state index contributed by atoms with van der Waals surface area (Å²) in [6.07, 6.45) is 0. The van der Waals surface area contributed by atoms with Gasteiger partial charge in [-0.3, -0.25) is 4.79 Å². The lowest BCUT2D eigenvalue weighted by molar-refractivity contribution is 0.0951. The van der Waals surface area contributed by atoms with Gasteiger partial charge in [0.2, 0.25) is 0 Å². The number of nitrogens with one attached hydrogen (secondary N) is 1. The Balaban J connectivity index is 2.09. The van der Waals surface area contributed by atoms with Crippen LogP contribution in [0.3, 0.4) is 0 Å². The molecule has 0 aliphatic carbocycles. The van der Waals surface area contributed by atoms with E-state index >= 15 is 0 Å². The molecule has 124 valence electrons. The summed E-state index contributed by atoms with van der Waals surface area (Å²) in [5.74, 6) is -0.318. The van der Waals surface area contributed by atoms with Gasteiger partial charge >= 0.3 is 0 Å². The fourth-order valence-electron chi connectivity index (χ4n) is 1.71. The summed E-state index contributed by atoms with van der Waals surface area (Å²) in [5.41, 5.74) is 0.360. The van der Waals surface area contributed by atoms with Gasteiger partial charge in [0.25, 0.3) is 15.9 Å². The second-order valence-electron chi connectivity index (χ2n) is 4.82. The van der Waals surface area contributed by atoms with Crippen molar-refractivity contribution in [3.05, 3.63) is 50.3 Å². The van der Waals surface area contributed by atoms with Crippen molar-refractivity contribution < 1.29 is 13.2 Å². The van der Waals surface area contributed by atoms with Crippen LogP contribution in [0.15, 0.2) is 39.0 Å². The monoisotopic (exact) mass is 436 g/mol. The first kappa shape index (κ1) is 18.4. The minimum Gasteiger partial charge on any atom is -0.347 e. The Labute approximate surface area is 152 Å². The largest absolute Gasteiger partial charge is 0.347 e. The third-order valence-electron chi connectivity index (χ3n) is 2.97. The van der Waals surface area contributed by atoms with Crippen molar-refractivity contribution in [3.8, 4) is 0 Å². The molecule has 0 atom stereocenters. The highest BCUT2D eigenvalue weighted by atomic mass is 79.9. The number of hydrogen-bond donors (Lipinski definition) is 1. The summed E-state index contributed by atoms with van der Waals surface area (Å²) in [7, 11) is -0.491. The van der Waals surface area contributed by atoms with Gasteiger partial charge < -0.3 is 5.32 Å². The molecule has 23 heavy (non-hydrogen) atoms. The molecular formula is C14H14BrClN2O3S2. The van der Waals surface area contributed by atoms with E-state index in [-0.39, 0.29) is 16.7 Å². The second kappa shape index (κ2) is 7.31. The molecule has 0 spiro atoms. The topological polar surface area (TPSA) is 66.5 Å². The lowest BCUT2D eigenvalue weighted by atomic mass is 10.2. The van der Waals surface area contributed by atoms with E-state index < -0.39 is 10.0 Å². The van der Waals surface area contributed by atoms with Gasteiger partial charge in [0, 0.05) is 23.4 Å². The molecular weight excluding hydrogens is 424 g/mol. The van der Waals surface area contributed by atoms with Crippen LogP contribution in [0.4, 0.5) is 0 Å². The molecule has 1 heterocycles. The molecule has 0 bridgehead atoms. The molecule has 2 aromatic rings. The van der Waals surface area contributed by atoms with E-state index in [4.69, 9.17) is 11.6 Å². The highest BCUT2D eigenvalue weighted by Gasteiger charge is 2.19. The van der Waals surface area contributed by atoms with E-state index in [9.17, 15) is 13.2 Å². The summed E-state index contributed by atoms with van der Waals surface area (Å²) < 4.78 is 26.2. The lowest BCUT2D eigenvalue weighted by Gasteiger charge is -2.08. The Morgan fingerprint density at radius 3 is 2.65 bits per heavy atom. The van der Waals surface area contributed by atoms with Crippen LogP contribution in [0.1, 0.15) is 15.2 Å². The number of rotatable bonds is 5. The maximum Gasteiger partial charge on any atom is 0.253 e. The number of amides is 1. The van der Waals surface area contributed by atoms with Crippen LogP contribution in [0.25, 0.3) is 0 Å². The number of carbonyl (C=O) groups is 1. The first-order valence-electron chi connectivity index (χ1n) is 6.46. The van der Waals surface area contributed by atoms with Crippen LogP contribution in [0.2, 0.25) is 5.02 Å². The molecule has 9 heteroatoms. The van der Waals surface area contributed by atoms with Crippen LogP contribution in [-0.2, 0) is 16.6 Å². The predicted octanol–water partition coefficient (Wildman–Crippen LogP) is 3.34. The van der Waals surface area contributed by atoms with Crippen LogP contribution in [0, 0.1) is 0 Å². The summed E-state index contributed by atoms with van der Waals surface area (Å²) in [6.45, 7) is 0.231. The summed E-state index contributed by atoms with van der Waals surface area (Å²) >= 11 is 10.4. The Morgan fingerprint density at radius 1 is 1.30 bits per heavy atom. The molecule has 1 amide bonds. The van der Waals surface area contributed by atoms with Gasteiger partial charge in [0.05, 0.1) is 17.1 Å². The molecule has 1 aromatic heterocycles. The van der Waals surface area contributed by atoms with Gasteiger partial charge in [0.1, 0.15) is 4.21 Å². The van der Waals surface area contributed by atoms with Crippen LogP contribution >= 0.6 is 38.9 Å². The Hall–Kier alpha value is -0.930. The van der Waals surface area contributed by atoms with E-state index in [0.29, 0.717) is 10.6 Å². The fraction of sp³-hybridized carbons (Fsp3) is 0.214. The molecule has 5 nitrogen and oxygen atoms in total. The average Bonchev–Trinajstić information content (AvgIpc) is 2.96. The number of thiophene rings is 1. The molecule has 2 rings (SSSR count). The summed E-state index contributed by atoms with van der Waals surface area (Å²) in [5, 5.41) is 3.09. The van der Waals surface area contributed by atoms with E-state index in [1.54, 1.807) is 24.3 Å². The zero-order valence-corrected chi connectivity index (χ0v) is 16.3. The Morgan fingerprint density at radius 2 is 2.00 bits per heavy atom. The third-order valence-corrected chi connectivity index (χ3v) is 7.16. The molecule has 0 aliphatic rings. The first-order valence-corrected chi connectivity index (χ1v) is 9.89. The SMILES string of the molecule is CN(C)S(=O)(=O)c1ccc(CNC(=O)c2cc(Br)ccc2Cl)s1. The minimum absolute atomic E-state index is 0.231. The highest BCUT2D eigenvalue weighted by Crippen LogP contribution is 2.24. The second-order valence-corrected chi connectivity index (χ2v) is 9.68. The molecule has 1 aromatic carbocycles. The lowest BCUT2D eigenvalue weighted by Crippen LogP contribution is -2.22. The summed E-state index contributed by atoms with van der Waals surface area (Å²) in [6, 6.07) is 8.23. The minimum atomic E-state index is -3.45. The number of sulfonamides is 1. The van der Waals surface area contributed by atoms with Gasteiger partial charge in [-0.05, 0) is 30.3 Å². The van der Waals surface area contributed by atoms with Gasteiger partial charge in [0.15, 0.2) is 0 Å². The molecule has 0 saturated carbocycles. The number of carbonyl (C=O) groups excluding carboxylic acids is 1. The van der Waals surface area contributed by atoms with E-state index in [1.807, 2.05) is 0 Å². The van der Waals surface area contributed by atoms with Gasteiger partial charge in [-0.25, -0.2) is 12.7 Å². The molecule has 0 radical (unpaired) electrons. The van der Waals surface area contributed by atoms with Crippen molar-refractivity contribution in [3.63, 3.8) is 0 Å². The van der Waals surface area contributed by atoms with Crippen molar-refractivity contribution in [2.24, 2.45) is 0 Å². The molecule has 0 saturated heterocycles. The van der Waals surface area contributed by atoms with E-state index in [2.05, 4.69) is 21.2 Å². The number of hydrogen-bond acceptors (Lipinski definition) is 4. The van der Waals surface area contributed by atoms with E-state index in [1.165, 1.54) is 20.2 Å². The average molecular weight is 438 g/mol. The molecule has 0 fully saturated rings. The van der Waals surface area contributed by atoms with Gasteiger partial charge in [-0.1, -0.05) is 27.5 Å². The summed E-state index contributed by atoms with van der Waals surface area (Å²) in [4.78, 5) is 12.9. The van der Waals surface area contributed by atoms with Crippen molar-refractivity contribution in [1.29, 1.82) is 0 Å².